The summed E-state index contributed by atoms with van der Waals surface area (Å²) in [6.07, 6.45) is 0. The molecule has 0 aliphatic rings. The van der Waals surface area contributed by atoms with Crippen LogP contribution in [0.3, 0.4) is 0 Å². The van der Waals surface area contributed by atoms with Crippen LogP contribution in [-0.2, 0) is 0 Å². The van der Waals surface area contributed by atoms with Gasteiger partial charge in [-0.1, -0.05) is 23.8 Å². The molecule has 2 rings (SSSR count). The maximum absolute atomic E-state index is 5.77. The van der Waals surface area contributed by atoms with E-state index in [4.69, 9.17) is 9.47 Å². The first-order valence-corrected chi connectivity index (χ1v) is 7.26. The van der Waals surface area contributed by atoms with Crippen molar-refractivity contribution < 1.29 is 9.47 Å². The first-order chi connectivity index (χ1) is 9.70. The molecule has 0 spiro atoms. The Kier molecular flexibility index (Phi) is 5.30. The number of hydrogen-bond donors (Lipinski definition) is 1. The van der Waals surface area contributed by atoms with Crippen molar-refractivity contribution in [3.8, 4) is 11.5 Å². The van der Waals surface area contributed by atoms with Gasteiger partial charge in [0.05, 0.1) is 11.6 Å². The monoisotopic (exact) mass is 335 g/mol. The van der Waals surface area contributed by atoms with E-state index in [0.717, 1.165) is 28.2 Å². The molecule has 4 heteroatoms. The maximum atomic E-state index is 5.77. The number of anilines is 1. The van der Waals surface area contributed by atoms with Gasteiger partial charge in [-0.05, 0) is 47.1 Å². The molecule has 2 aromatic rings. The molecule has 2 aromatic carbocycles. The molecule has 0 radical (unpaired) electrons. The molecule has 0 aromatic heterocycles. The standard InChI is InChI=1S/C16H18BrNO2/c1-12-6-8-13(9-7-12)18-10-11-20-16-14(17)4-3-5-15(16)19-2/h3-9,18H,10-11H2,1-2H3. The van der Waals surface area contributed by atoms with Crippen LogP contribution < -0.4 is 14.8 Å². The topological polar surface area (TPSA) is 30.5 Å². The SMILES string of the molecule is COc1cccc(Br)c1OCCNc1ccc(C)cc1. The molecule has 0 fully saturated rings. The van der Waals surface area contributed by atoms with Gasteiger partial charge in [-0.25, -0.2) is 0 Å². The lowest BCUT2D eigenvalue weighted by Gasteiger charge is -2.13. The van der Waals surface area contributed by atoms with E-state index in [-0.39, 0.29) is 0 Å². The summed E-state index contributed by atoms with van der Waals surface area (Å²) in [5, 5.41) is 3.32. The highest BCUT2D eigenvalue weighted by Crippen LogP contribution is 2.34. The average Bonchev–Trinajstić information content (AvgIpc) is 2.46. The molecule has 20 heavy (non-hydrogen) atoms. The molecule has 0 atom stereocenters. The zero-order valence-electron chi connectivity index (χ0n) is 11.7. The van der Waals surface area contributed by atoms with E-state index in [1.54, 1.807) is 7.11 Å². The summed E-state index contributed by atoms with van der Waals surface area (Å²) < 4.78 is 11.9. The number of aryl methyl sites for hydroxylation is 1. The van der Waals surface area contributed by atoms with Crippen molar-refractivity contribution >= 4 is 21.6 Å². The summed E-state index contributed by atoms with van der Waals surface area (Å²) in [5.74, 6) is 1.47. The van der Waals surface area contributed by atoms with E-state index in [9.17, 15) is 0 Å². The van der Waals surface area contributed by atoms with Gasteiger partial charge in [-0.2, -0.15) is 0 Å². The largest absolute Gasteiger partial charge is 0.493 e. The molecular formula is C16H18BrNO2. The third kappa shape index (κ3) is 3.90. The summed E-state index contributed by atoms with van der Waals surface area (Å²) in [7, 11) is 1.64. The predicted molar refractivity (Wildman–Crippen MR) is 85.9 cm³/mol. The van der Waals surface area contributed by atoms with Crippen LogP contribution in [0.15, 0.2) is 46.9 Å². The van der Waals surface area contributed by atoms with Gasteiger partial charge in [-0.15, -0.1) is 0 Å². The van der Waals surface area contributed by atoms with Crippen molar-refractivity contribution in [2.24, 2.45) is 0 Å². The van der Waals surface area contributed by atoms with Gasteiger partial charge in [-0.3, -0.25) is 0 Å². The first kappa shape index (κ1) is 14.7. The third-order valence-electron chi connectivity index (χ3n) is 2.88. The number of hydrogen-bond acceptors (Lipinski definition) is 3. The van der Waals surface area contributed by atoms with Gasteiger partial charge in [0.15, 0.2) is 11.5 Å². The lowest BCUT2D eigenvalue weighted by molar-refractivity contribution is 0.304. The fraction of sp³-hybridized carbons (Fsp3) is 0.250. The second kappa shape index (κ2) is 7.20. The Hall–Kier alpha value is -1.68. The Bertz CT molecular complexity index is 555. The summed E-state index contributed by atoms with van der Waals surface area (Å²) >= 11 is 3.47. The lowest BCUT2D eigenvalue weighted by atomic mass is 10.2. The zero-order chi connectivity index (χ0) is 14.4. The van der Waals surface area contributed by atoms with Crippen LogP contribution in [0, 0.1) is 6.92 Å². The number of para-hydroxylation sites is 1. The molecule has 1 N–H and O–H groups in total. The molecule has 0 bridgehead atoms. The smallest absolute Gasteiger partial charge is 0.175 e. The summed E-state index contributed by atoms with van der Waals surface area (Å²) in [6, 6.07) is 14.0. The van der Waals surface area contributed by atoms with Crippen molar-refractivity contribution in [1.29, 1.82) is 0 Å². The van der Waals surface area contributed by atoms with Crippen LogP contribution in [0.25, 0.3) is 0 Å². The van der Waals surface area contributed by atoms with Crippen LogP contribution in [-0.4, -0.2) is 20.3 Å². The Morgan fingerprint density at radius 3 is 2.55 bits per heavy atom. The minimum atomic E-state index is 0.562. The molecule has 0 amide bonds. The van der Waals surface area contributed by atoms with Gasteiger partial charge >= 0.3 is 0 Å². The van der Waals surface area contributed by atoms with Crippen molar-refractivity contribution in [3.63, 3.8) is 0 Å². The number of ether oxygens (including phenoxy) is 2. The van der Waals surface area contributed by atoms with Crippen molar-refractivity contribution in [2.45, 2.75) is 6.92 Å². The van der Waals surface area contributed by atoms with Crippen molar-refractivity contribution in [3.05, 3.63) is 52.5 Å². The Balaban J connectivity index is 1.86. The number of methoxy groups -OCH3 is 1. The van der Waals surface area contributed by atoms with Crippen LogP contribution in [0.2, 0.25) is 0 Å². The first-order valence-electron chi connectivity index (χ1n) is 6.46. The van der Waals surface area contributed by atoms with Gasteiger partial charge in [0.25, 0.3) is 0 Å². The van der Waals surface area contributed by atoms with E-state index >= 15 is 0 Å². The summed E-state index contributed by atoms with van der Waals surface area (Å²) in [4.78, 5) is 0. The van der Waals surface area contributed by atoms with Gasteiger partial charge in [0.1, 0.15) is 6.61 Å². The van der Waals surface area contributed by atoms with E-state index in [1.807, 2.05) is 18.2 Å². The van der Waals surface area contributed by atoms with E-state index in [0.29, 0.717) is 6.61 Å². The fourth-order valence-corrected chi connectivity index (χ4v) is 2.27. The summed E-state index contributed by atoms with van der Waals surface area (Å²) in [6.45, 7) is 3.37. The van der Waals surface area contributed by atoms with Crippen molar-refractivity contribution in [2.75, 3.05) is 25.6 Å². The Morgan fingerprint density at radius 1 is 1.10 bits per heavy atom. The second-order valence-electron chi connectivity index (χ2n) is 4.41. The maximum Gasteiger partial charge on any atom is 0.175 e. The minimum absolute atomic E-state index is 0.562. The van der Waals surface area contributed by atoms with E-state index in [2.05, 4.69) is 52.4 Å². The molecular weight excluding hydrogens is 318 g/mol. The van der Waals surface area contributed by atoms with Gasteiger partial charge < -0.3 is 14.8 Å². The molecule has 0 unspecified atom stereocenters. The fourth-order valence-electron chi connectivity index (χ4n) is 1.81. The highest BCUT2D eigenvalue weighted by molar-refractivity contribution is 9.10. The van der Waals surface area contributed by atoms with Crippen LogP contribution in [0.1, 0.15) is 5.56 Å². The Labute approximate surface area is 128 Å². The molecule has 0 aliphatic heterocycles. The van der Waals surface area contributed by atoms with Crippen LogP contribution in [0.5, 0.6) is 11.5 Å². The number of benzene rings is 2. The Morgan fingerprint density at radius 2 is 1.85 bits per heavy atom. The molecule has 106 valence electrons. The predicted octanol–water partition coefficient (Wildman–Crippen LogP) is 4.26. The highest BCUT2D eigenvalue weighted by atomic mass is 79.9. The molecule has 0 aliphatic carbocycles. The number of halogens is 1. The lowest BCUT2D eigenvalue weighted by Crippen LogP contribution is -2.12. The van der Waals surface area contributed by atoms with Crippen LogP contribution in [0.4, 0.5) is 5.69 Å². The quantitative estimate of drug-likeness (QED) is 0.800. The number of nitrogens with one attached hydrogen (secondary N) is 1. The third-order valence-corrected chi connectivity index (χ3v) is 3.50. The number of rotatable bonds is 6. The van der Waals surface area contributed by atoms with Gasteiger partial charge in [0.2, 0.25) is 0 Å². The molecule has 3 nitrogen and oxygen atoms in total. The molecule has 0 heterocycles. The van der Waals surface area contributed by atoms with Crippen LogP contribution >= 0.6 is 15.9 Å². The second-order valence-corrected chi connectivity index (χ2v) is 5.27. The highest BCUT2D eigenvalue weighted by Gasteiger charge is 2.07. The van der Waals surface area contributed by atoms with E-state index in [1.165, 1.54) is 5.56 Å². The zero-order valence-corrected chi connectivity index (χ0v) is 13.2. The minimum Gasteiger partial charge on any atom is -0.493 e. The van der Waals surface area contributed by atoms with Crippen molar-refractivity contribution in [1.82, 2.24) is 0 Å². The van der Waals surface area contributed by atoms with E-state index < -0.39 is 0 Å². The average molecular weight is 336 g/mol. The molecule has 0 saturated heterocycles. The normalized spacial score (nSPS) is 10.2. The van der Waals surface area contributed by atoms with Gasteiger partial charge in [0, 0.05) is 12.2 Å². The molecule has 0 saturated carbocycles. The summed E-state index contributed by atoms with van der Waals surface area (Å²) in [5.41, 5.74) is 2.35.